The zero-order chi connectivity index (χ0) is 30.9. The summed E-state index contributed by atoms with van der Waals surface area (Å²) in [6.07, 6.45) is 0. The second-order valence-corrected chi connectivity index (χ2v) is 12.4. The smallest absolute Gasteiger partial charge is 0.143 e. The van der Waals surface area contributed by atoms with Crippen LogP contribution in [0.1, 0.15) is 0 Å². The first kappa shape index (κ1) is 26.1. The lowest BCUT2D eigenvalue weighted by Gasteiger charge is -2.17. The third kappa shape index (κ3) is 3.90. The fourth-order valence-electron chi connectivity index (χ4n) is 7.81. The molecule has 47 heavy (non-hydrogen) atoms. The molecule has 0 fully saturated rings. The fourth-order valence-corrected chi connectivity index (χ4v) is 7.81. The molecule has 0 amide bonds. The van der Waals surface area contributed by atoms with E-state index in [4.69, 9.17) is 4.42 Å². The molecule has 218 valence electrons. The maximum Gasteiger partial charge on any atom is 0.143 e. The summed E-state index contributed by atoms with van der Waals surface area (Å²) >= 11 is 0. The van der Waals surface area contributed by atoms with Gasteiger partial charge in [-0.05, 0) is 83.0 Å². The molecule has 10 aromatic rings. The van der Waals surface area contributed by atoms with Crippen LogP contribution < -0.4 is 0 Å². The van der Waals surface area contributed by atoms with Crippen molar-refractivity contribution >= 4 is 65.0 Å². The molecule has 0 N–H and O–H groups in total. The monoisotopic (exact) mass is 596 g/mol. The van der Waals surface area contributed by atoms with E-state index in [0.29, 0.717) is 0 Å². The largest absolute Gasteiger partial charge is 0.455 e. The molecule has 1 nitrogen and oxygen atoms in total. The van der Waals surface area contributed by atoms with Crippen molar-refractivity contribution < 1.29 is 4.42 Å². The molecular formula is C46H28O. The number of furan rings is 1. The molecule has 0 spiro atoms. The van der Waals surface area contributed by atoms with Gasteiger partial charge in [0.1, 0.15) is 11.2 Å². The maximum absolute atomic E-state index is 6.74. The minimum atomic E-state index is 0.899. The Balaban J connectivity index is 1.24. The Morgan fingerprint density at radius 3 is 1.62 bits per heavy atom. The van der Waals surface area contributed by atoms with Crippen LogP contribution in [0.5, 0.6) is 0 Å². The molecule has 10 rings (SSSR count). The average molecular weight is 597 g/mol. The number of rotatable bonds is 3. The second-order valence-electron chi connectivity index (χ2n) is 12.4. The Morgan fingerprint density at radius 1 is 0.319 bits per heavy atom. The minimum absolute atomic E-state index is 0.899. The molecule has 1 heteroatoms. The zero-order valence-corrected chi connectivity index (χ0v) is 25.6. The van der Waals surface area contributed by atoms with Gasteiger partial charge in [-0.25, -0.2) is 0 Å². The van der Waals surface area contributed by atoms with Crippen LogP contribution in [0.2, 0.25) is 0 Å². The number of hydrogen-bond donors (Lipinski definition) is 0. The highest BCUT2D eigenvalue weighted by atomic mass is 16.3. The second kappa shape index (κ2) is 10.2. The Bertz CT molecular complexity index is 2780. The first-order valence-corrected chi connectivity index (χ1v) is 16.2. The third-order valence-electron chi connectivity index (χ3n) is 9.84. The van der Waals surface area contributed by atoms with Gasteiger partial charge in [-0.15, -0.1) is 0 Å². The quantitative estimate of drug-likeness (QED) is 0.146. The summed E-state index contributed by atoms with van der Waals surface area (Å²) in [5, 5.41) is 12.3. The first-order chi connectivity index (χ1) is 23.3. The molecule has 0 aliphatic rings. The predicted molar refractivity (Wildman–Crippen MR) is 200 cm³/mol. The van der Waals surface area contributed by atoms with Crippen LogP contribution in [0.25, 0.3) is 98.4 Å². The fraction of sp³-hybridized carbons (Fsp3) is 0. The average Bonchev–Trinajstić information content (AvgIpc) is 3.52. The molecule has 1 heterocycles. The summed E-state index contributed by atoms with van der Waals surface area (Å²) in [5.74, 6) is 0. The van der Waals surface area contributed by atoms with Crippen molar-refractivity contribution in [3.05, 3.63) is 170 Å². The normalized spacial score (nSPS) is 11.8. The molecule has 0 radical (unpaired) electrons. The molecule has 0 aliphatic heterocycles. The van der Waals surface area contributed by atoms with Crippen LogP contribution in [-0.4, -0.2) is 0 Å². The van der Waals surface area contributed by atoms with Gasteiger partial charge in [-0.1, -0.05) is 158 Å². The molecule has 0 atom stereocenters. The van der Waals surface area contributed by atoms with Crippen molar-refractivity contribution in [1.82, 2.24) is 0 Å². The number of para-hydroxylation sites is 1. The van der Waals surface area contributed by atoms with E-state index in [-0.39, 0.29) is 0 Å². The van der Waals surface area contributed by atoms with Crippen LogP contribution in [0.3, 0.4) is 0 Å². The third-order valence-corrected chi connectivity index (χ3v) is 9.84. The van der Waals surface area contributed by atoms with Crippen LogP contribution in [0.15, 0.2) is 174 Å². The molecule has 0 aliphatic carbocycles. The predicted octanol–water partition coefficient (Wildman–Crippen LogP) is 13.2. The molecule has 9 aromatic carbocycles. The molecule has 0 unspecified atom stereocenters. The Kier molecular flexibility index (Phi) is 5.64. The van der Waals surface area contributed by atoms with Gasteiger partial charge in [0.25, 0.3) is 0 Å². The van der Waals surface area contributed by atoms with Gasteiger partial charge in [0, 0.05) is 16.3 Å². The summed E-state index contributed by atoms with van der Waals surface area (Å²) in [5.41, 5.74) is 9.09. The van der Waals surface area contributed by atoms with Gasteiger partial charge in [-0.3, -0.25) is 0 Å². The van der Waals surface area contributed by atoms with E-state index in [1.54, 1.807) is 0 Å². The Morgan fingerprint density at radius 2 is 0.872 bits per heavy atom. The van der Waals surface area contributed by atoms with Crippen molar-refractivity contribution in [3.8, 4) is 33.4 Å². The highest BCUT2D eigenvalue weighted by Gasteiger charge is 2.19. The Hall–Kier alpha value is -6.18. The SMILES string of the molecule is c1ccc(-c2c3ccccc3c(-c3ccc4oc5c(-c6cccc7ccc8ccccc8c67)cccc5c4c3)c3ccccc23)cc1. The van der Waals surface area contributed by atoms with Crippen LogP contribution >= 0.6 is 0 Å². The van der Waals surface area contributed by atoms with Crippen molar-refractivity contribution in [2.75, 3.05) is 0 Å². The lowest BCUT2D eigenvalue weighted by molar-refractivity contribution is 0.670. The summed E-state index contributed by atoms with van der Waals surface area (Å²) in [7, 11) is 0. The van der Waals surface area contributed by atoms with Gasteiger partial charge in [0.05, 0.1) is 0 Å². The van der Waals surface area contributed by atoms with Gasteiger partial charge in [0.2, 0.25) is 0 Å². The van der Waals surface area contributed by atoms with E-state index in [1.807, 2.05) is 0 Å². The van der Waals surface area contributed by atoms with E-state index in [2.05, 4.69) is 170 Å². The van der Waals surface area contributed by atoms with E-state index in [0.717, 1.165) is 27.5 Å². The number of fused-ring (bicyclic) bond motifs is 8. The van der Waals surface area contributed by atoms with Crippen LogP contribution in [0, 0.1) is 0 Å². The topological polar surface area (TPSA) is 13.1 Å². The molecule has 0 bridgehead atoms. The van der Waals surface area contributed by atoms with Crippen molar-refractivity contribution in [2.24, 2.45) is 0 Å². The summed E-state index contributed by atoms with van der Waals surface area (Å²) in [4.78, 5) is 0. The van der Waals surface area contributed by atoms with Gasteiger partial charge in [-0.2, -0.15) is 0 Å². The zero-order valence-electron chi connectivity index (χ0n) is 25.6. The lowest BCUT2D eigenvalue weighted by atomic mass is 9.86. The van der Waals surface area contributed by atoms with E-state index < -0.39 is 0 Å². The summed E-state index contributed by atoms with van der Waals surface area (Å²) in [6.45, 7) is 0. The minimum Gasteiger partial charge on any atom is -0.455 e. The number of benzene rings is 9. The lowest BCUT2D eigenvalue weighted by Crippen LogP contribution is -1.90. The van der Waals surface area contributed by atoms with Crippen LogP contribution in [-0.2, 0) is 0 Å². The van der Waals surface area contributed by atoms with Gasteiger partial charge in [0.15, 0.2) is 0 Å². The van der Waals surface area contributed by atoms with Gasteiger partial charge < -0.3 is 4.42 Å². The summed E-state index contributed by atoms with van der Waals surface area (Å²) < 4.78 is 6.74. The highest BCUT2D eigenvalue weighted by molar-refractivity contribution is 6.23. The maximum atomic E-state index is 6.74. The first-order valence-electron chi connectivity index (χ1n) is 16.2. The molecular weight excluding hydrogens is 569 g/mol. The molecule has 0 saturated heterocycles. The highest BCUT2D eigenvalue weighted by Crippen LogP contribution is 2.46. The van der Waals surface area contributed by atoms with Crippen molar-refractivity contribution in [2.45, 2.75) is 0 Å². The van der Waals surface area contributed by atoms with E-state index >= 15 is 0 Å². The molecule has 0 saturated carbocycles. The van der Waals surface area contributed by atoms with Crippen molar-refractivity contribution in [1.29, 1.82) is 0 Å². The van der Waals surface area contributed by atoms with Gasteiger partial charge >= 0.3 is 0 Å². The molecule has 1 aromatic heterocycles. The van der Waals surface area contributed by atoms with Crippen molar-refractivity contribution in [3.63, 3.8) is 0 Å². The summed E-state index contributed by atoms with van der Waals surface area (Å²) in [6, 6.07) is 61.4. The van der Waals surface area contributed by atoms with Crippen LogP contribution in [0.4, 0.5) is 0 Å². The van der Waals surface area contributed by atoms with E-state index in [9.17, 15) is 0 Å². The number of hydrogen-bond acceptors (Lipinski definition) is 1. The standard InChI is InChI=1S/C46H28O/c1-2-13-30(14-3-1)44-34-17-6-8-19-36(34)45(37-20-9-7-18-35(37)44)32-26-27-42-41(28-32)40-23-11-22-39(46(40)47-42)38-21-10-15-31-25-24-29-12-4-5-16-33(29)43(31)38/h1-28H. The van der Waals surface area contributed by atoms with E-state index in [1.165, 1.54) is 70.9 Å². The Labute approximate surface area is 271 Å².